The predicted octanol–water partition coefficient (Wildman–Crippen LogP) is 12.0. The fraction of sp³-hybridized carbons (Fsp3) is 0. The average Bonchev–Trinajstić information content (AvgIpc) is 3.77. The average molecular weight is 642 g/mol. The molecule has 0 spiro atoms. The molecule has 5 nitrogen and oxygen atoms in total. The molecule has 0 N–H and O–H groups in total. The van der Waals surface area contributed by atoms with Crippen LogP contribution in [0.5, 0.6) is 0 Å². The normalized spacial score (nSPS) is 11.6. The third kappa shape index (κ3) is 4.60. The molecule has 0 unspecified atom stereocenters. The summed E-state index contributed by atoms with van der Waals surface area (Å²) in [4.78, 5) is 14.9. The van der Waals surface area contributed by atoms with E-state index in [9.17, 15) is 0 Å². The minimum absolute atomic E-state index is 0.640. The van der Waals surface area contributed by atoms with Gasteiger partial charge in [-0.1, -0.05) is 109 Å². The summed E-state index contributed by atoms with van der Waals surface area (Å²) >= 11 is 0. The lowest BCUT2D eigenvalue weighted by atomic mass is 9.95. The number of hydrogen-bond acceptors (Lipinski definition) is 5. The van der Waals surface area contributed by atoms with Gasteiger partial charge in [-0.2, -0.15) is 0 Å². The molecule has 0 aliphatic carbocycles. The van der Waals surface area contributed by atoms with Crippen LogP contribution in [0.25, 0.3) is 100 Å². The summed E-state index contributed by atoms with van der Waals surface area (Å²) in [6.07, 6.45) is 3.67. The van der Waals surface area contributed by atoms with Crippen LogP contribution in [0.3, 0.4) is 0 Å². The zero-order chi connectivity index (χ0) is 33.0. The summed E-state index contributed by atoms with van der Waals surface area (Å²) in [7, 11) is 0. The Morgan fingerprint density at radius 3 is 1.92 bits per heavy atom. The van der Waals surface area contributed by atoms with Crippen LogP contribution >= 0.6 is 0 Å². The van der Waals surface area contributed by atoms with E-state index >= 15 is 0 Å². The largest absolute Gasteiger partial charge is 0.456 e. The topological polar surface area (TPSA) is 65.0 Å². The molecule has 0 saturated heterocycles. The Bertz CT molecular complexity index is 2870. The van der Waals surface area contributed by atoms with Crippen LogP contribution in [-0.4, -0.2) is 15.0 Å². The number of rotatable bonds is 5. The molecule has 0 saturated carbocycles. The standard InChI is InChI=1S/C45H27N3O2/c1-2-11-28(12-3-1)38-26-39(48-45(47-38)35-16-5-4-14-31(35)30-13-10-24-46-27-30)36-23-22-32(44-43(36)37-17-7-9-19-41(37)50-44)29-20-21-34-33-15-6-8-18-40(33)49-42(34)25-29/h1-27H. The highest BCUT2D eigenvalue weighted by atomic mass is 16.3. The first-order chi connectivity index (χ1) is 24.8. The lowest BCUT2D eigenvalue weighted by molar-refractivity contribution is 0.668. The third-order valence-corrected chi connectivity index (χ3v) is 9.43. The minimum atomic E-state index is 0.640. The Morgan fingerprint density at radius 2 is 1.08 bits per heavy atom. The SMILES string of the molecule is c1ccc(-c2cc(-c3ccc(-c4ccc5c(c4)oc4ccccc45)c4oc5ccccc5c34)nc(-c3ccccc3-c3cccnc3)n2)cc1. The van der Waals surface area contributed by atoms with E-state index < -0.39 is 0 Å². The van der Waals surface area contributed by atoms with Crippen LogP contribution in [0, 0.1) is 0 Å². The number of aromatic nitrogens is 3. The zero-order valence-electron chi connectivity index (χ0n) is 26.7. The molecule has 0 bridgehead atoms. The Hall–Kier alpha value is -6.85. The second-order valence-corrected chi connectivity index (χ2v) is 12.4. The van der Waals surface area contributed by atoms with E-state index in [2.05, 4.69) is 89.9 Å². The Balaban J connectivity index is 1.22. The van der Waals surface area contributed by atoms with Gasteiger partial charge in [-0.25, -0.2) is 9.97 Å². The van der Waals surface area contributed by atoms with E-state index in [4.69, 9.17) is 18.8 Å². The van der Waals surface area contributed by atoms with E-state index in [1.807, 2.05) is 72.9 Å². The van der Waals surface area contributed by atoms with Crippen LogP contribution in [0.15, 0.2) is 173 Å². The van der Waals surface area contributed by atoms with Gasteiger partial charge in [0.05, 0.1) is 11.4 Å². The van der Waals surface area contributed by atoms with Gasteiger partial charge in [0.15, 0.2) is 5.82 Å². The van der Waals surface area contributed by atoms with Crippen molar-refractivity contribution in [1.29, 1.82) is 0 Å². The monoisotopic (exact) mass is 641 g/mol. The van der Waals surface area contributed by atoms with Gasteiger partial charge in [-0.15, -0.1) is 0 Å². The summed E-state index contributed by atoms with van der Waals surface area (Å²) in [6.45, 7) is 0. The van der Waals surface area contributed by atoms with E-state index in [0.717, 1.165) is 94.2 Å². The van der Waals surface area contributed by atoms with Gasteiger partial charge in [-0.3, -0.25) is 4.98 Å². The number of fused-ring (bicyclic) bond motifs is 6. The summed E-state index contributed by atoms with van der Waals surface area (Å²) in [6, 6.07) is 51.7. The molecule has 0 atom stereocenters. The van der Waals surface area contributed by atoms with Crippen molar-refractivity contribution in [2.45, 2.75) is 0 Å². The smallest absolute Gasteiger partial charge is 0.161 e. The molecule has 0 amide bonds. The third-order valence-electron chi connectivity index (χ3n) is 9.43. The molecule has 0 radical (unpaired) electrons. The van der Waals surface area contributed by atoms with Crippen molar-refractivity contribution >= 4 is 43.9 Å². The maximum Gasteiger partial charge on any atom is 0.161 e. The maximum atomic E-state index is 6.70. The number of para-hydroxylation sites is 2. The molecule has 4 heterocycles. The van der Waals surface area contributed by atoms with Gasteiger partial charge in [0.1, 0.15) is 22.3 Å². The summed E-state index contributed by atoms with van der Waals surface area (Å²) in [5.41, 5.74) is 11.9. The number of hydrogen-bond donors (Lipinski definition) is 0. The predicted molar refractivity (Wildman–Crippen MR) is 202 cm³/mol. The highest BCUT2D eigenvalue weighted by molar-refractivity contribution is 6.16. The van der Waals surface area contributed by atoms with E-state index in [-0.39, 0.29) is 0 Å². The molecule has 4 aromatic heterocycles. The van der Waals surface area contributed by atoms with Crippen molar-refractivity contribution in [2.75, 3.05) is 0 Å². The first-order valence-corrected chi connectivity index (χ1v) is 16.6. The van der Waals surface area contributed by atoms with E-state index in [1.165, 1.54) is 0 Å². The molecule has 50 heavy (non-hydrogen) atoms. The van der Waals surface area contributed by atoms with Crippen molar-refractivity contribution < 1.29 is 8.83 Å². The molecule has 0 fully saturated rings. The van der Waals surface area contributed by atoms with Gasteiger partial charge >= 0.3 is 0 Å². The van der Waals surface area contributed by atoms with Crippen LogP contribution in [-0.2, 0) is 0 Å². The maximum absolute atomic E-state index is 6.70. The second kappa shape index (κ2) is 11.4. The number of nitrogens with zero attached hydrogens (tertiary/aromatic N) is 3. The molecule has 0 aliphatic rings. The minimum Gasteiger partial charge on any atom is -0.456 e. The molecule has 5 heteroatoms. The molecular weight excluding hydrogens is 615 g/mol. The van der Waals surface area contributed by atoms with Crippen molar-refractivity contribution in [3.05, 3.63) is 164 Å². The van der Waals surface area contributed by atoms with Crippen LogP contribution in [0.1, 0.15) is 0 Å². The lowest BCUT2D eigenvalue weighted by Crippen LogP contribution is -1.98. The van der Waals surface area contributed by atoms with Crippen molar-refractivity contribution in [1.82, 2.24) is 15.0 Å². The van der Waals surface area contributed by atoms with Gasteiger partial charge in [0.2, 0.25) is 0 Å². The number of benzene rings is 6. The van der Waals surface area contributed by atoms with Crippen molar-refractivity contribution in [3.8, 4) is 56.2 Å². The van der Waals surface area contributed by atoms with Crippen molar-refractivity contribution in [3.63, 3.8) is 0 Å². The number of pyridine rings is 1. The molecule has 6 aromatic carbocycles. The summed E-state index contributed by atoms with van der Waals surface area (Å²) in [5, 5.41) is 4.24. The van der Waals surface area contributed by atoms with Crippen LogP contribution in [0.4, 0.5) is 0 Å². The Labute approximate surface area is 287 Å². The fourth-order valence-corrected chi connectivity index (χ4v) is 7.08. The van der Waals surface area contributed by atoms with Gasteiger partial charge in [0.25, 0.3) is 0 Å². The molecule has 0 aliphatic heterocycles. The Kier molecular flexibility index (Phi) is 6.42. The molecule has 234 valence electrons. The van der Waals surface area contributed by atoms with Gasteiger partial charge in [0, 0.05) is 61.8 Å². The van der Waals surface area contributed by atoms with Gasteiger partial charge < -0.3 is 8.83 Å². The lowest BCUT2D eigenvalue weighted by Gasteiger charge is -2.13. The molecular formula is C45H27N3O2. The number of furan rings is 2. The van der Waals surface area contributed by atoms with Crippen molar-refractivity contribution in [2.24, 2.45) is 0 Å². The zero-order valence-corrected chi connectivity index (χ0v) is 26.7. The Morgan fingerprint density at radius 1 is 0.400 bits per heavy atom. The first kappa shape index (κ1) is 28.2. The second-order valence-electron chi connectivity index (χ2n) is 12.4. The molecule has 10 rings (SSSR count). The first-order valence-electron chi connectivity index (χ1n) is 16.6. The van der Waals surface area contributed by atoms with Crippen LogP contribution in [0.2, 0.25) is 0 Å². The molecule has 10 aromatic rings. The quantitative estimate of drug-likeness (QED) is 0.187. The van der Waals surface area contributed by atoms with Gasteiger partial charge in [-0.05, 0) is 53.6 Å². The highest BCUT2D eigenvalue weighted by Crippen LogP contribution is 2.43. The summed E-state index contributed by atoms with van der Waals surface area (Å²) < 4.78 is 13.0. The fourth-order valence-electron chi connectivity index (χ4n) is 7.08. The van der Waals surface area contributed by atoms with E-state index in [1.54, 1.807) is 6.20 Å². The summed E-state index contributed by atoms with van der Waals surface area (Å²) in [5.74, 6) is 0.640. The van der Waals surface area contributed by atoms with E-state index in [0.29, 0.717) is 5.82 Å². The van der Waals surface area contributed by atoms with Crippen LogP contribution < -0.4 is 0 Å². The highest BCUT2D eigenvalue weighted by Gasteiger charge is 2.21.